The second-order valence-electron chi connectivity index (χ2n) is 2.84. The Morgan fingerprint density at radius 1 is 1.54 bits per heavy atom. The highest BCUT2D eigenvalue weighted by atomic mass is 35.5. The van der Waals surface area contributed by atoms with Crippen LogP contribution in [0.25, 0.3) is 0 Å². The minimum absolute atomic E-state index is 0.174. The molecule has 1 aromatic heterocycles. The summed E-state index contributed by atoms with van der Waals surface area (Å²) in [4.78, 5) is 18.2. The van der Waals surface area contributed by atoms with Crippen LogP contribution in [0.5, 0.6) is 0 Å². The molecule has 4 nitrogen and oxygen atoms in total. The van der Waals surface area contributed by atoms with Gasteiger partial charge in [-0.3, -0.25) is 4.79 Å². The maximum atomic E-state index is 10.6. The molecule has 0 radical (unpaired) electrons. The van der Waals surface area contributed by atoms with Gasteiger partial charge in [-0.2, -0.15) is 0 Å². The Morgan fingerprint density at radius 2 is 2.23 bits per heavy atom. The van der Waals surface area contributed by atoms with Crippen molar-refractivity contribution in [2.75, 3.05) is 5.32 Å². The van der Waals surface area contributed by atoms with Crippen molar-refractivity contribution in [3.05, 3.63) is 17.0 Å². The first-order valence-corrected chi connectivity index (χ1v) is 4.25. The molecule has 0 atom stereocenters. The molecule has 0 saturated heterocycles. The SMILES string of the molecule is CC(C)Nc1ncnc(Cl)c1C=O. The van der Waals surface area contributed by atoms with Crippen molar-refractivity contribution in [1.82, 2.24) is 9.97 Å². The molecule has 0 spiro atoms. The third-order valence-electron chi connectivity index (χ3n) is 1.38. The lowest BCUT2D eigenvalue weighted by atomic mass is 10.3. The van der Waals surface area contributed by atoms with E-state index in [1.807, 2.05) is 13.8 Å². The molecule has 0 unspecified atom stereocenters. The summed E-state index contributed by atoms with van der Waals surface area (Å²) in [5.74, 6) is 0.477. The quantitative estimate of drug-likeness (QED) is 0.596. The van der Waals surface area contributed by atoms with Crippen LogP contribution >= 0.6 is 11.6 Å². The Labute approximate surface area is 81.3 Å². The van der Waals surface area contributed by atoms with Gasteiger partial charge in [-0.1, -0.05) is 11.6 Å². The summed E-state index contributed by atoms with van der Waals surface area (Å²) < 4.78 is 0. The van der Waals surface area contributed by atoms with Crippen molar-refractivity contribution in [2.24, 2.45) is 0 Å². The van der Waals surface area contributed by atoms with Crippen molar-refractivity contribution in [3.63, 3.8) is 0 Å². The maximum Gasteiger partial charge on any atom is 0.156 e. The molecule has 0 aliphatic carbocycles. The summed E-state index contributed by atoms with van der Waals surface area (Å²) in [5, 5.41) is 3.17. The number of nitrogens with one attached hydrogen (secondary N) is 1. The molecule has 0 bridgehead atoms. The lowest BCUT2D eigenvalue weighted by Crippen LogP contribution is -2.13. The molecule has 1 aromatic rings. The predicted octanol–water partition coefficient (Wildman–Crippen LogP) is 1.76. The average Bonchev–Trinajstić information content (AvgIpc) is 2.03. The van der Waals surface area contributed by atoms with E-state index in [1.165, 1.54) is 6.33 Å². The van der Waals surface area contributed by atoms with E-state index >= 15 is 0 Å². The number of hydrogen-bond donors (Lipinski definition) is 1. The summed E-state index contributed by atoms with van der Waals surface area (Å²) in [6.07, 6.45) is 1.97. The van der Waals surface area contributed by atoms with Gasteiger partial charge in [-0.15, -0.1) is 0 Å². The highest BCUT2D eigenvalue weighted by molar-refractivity contribution is 6.32. The molecule has 1 heterocycles. The summed E-state index contributed by atoms with van der Waals surface area (Å²) in [5.41, 5.74) is 0.304. The first-order chi connectivity index (χ1) is 6.15. The largest absolute Gasteiger partial charge is 0.367 e. The van der Waals surface area contributed by atoms with E-state index in [9.17, 15) is 4.79 Å². The van der Waals surface area contributed by atoms with Gasteiger partial charge in [0.05, 0.1) is 5.56 Å². The molecular formula is C8H10ClN3O. The summed E-state index contributed by atoms with van der Waals surface area (Å²) in [6, 6.07) is 0.199. The summed E-state index contributed by atoms with van der Waals surface area (Å²) >= 11 is 5.69. The van der Waals surface area contributed by atoms with E-state index in [0.717, 1.165) is 0 Å². The highest BCUT2D eigenvalue weighted by Crippen LogP contribution is 2.17. The molecule has 0 amide bonds. The number of aldehydes is 1. The number of carbonyl (C=O) groups is 1. The fraction of sp³-hybridized carbons (Fsp3) is 0.375. The Hall–Kier alpha value is -1.16. The van der Waals surface area contributed by atoms with Crippen molar-refractivity contribution in [3.8, 4) is 0 Å². The van der Waals surface area contributed by atoms with Crippen LogP contribution in [-0.2, 0) is 0 Å². The minimum atomic E-state index is 0.174. The molecule has 0 aliphatic heterocycles. The summed E-state index contributed by atoms with van der Waals surface area (Å²) in [6.45, 7) is 3.90. The Bertz CT molecular complexity index is 314. The molecular weight excluding hydrogens is 190 g/mol. The first-order valence-electron chi connectivity index (χ1n) is 3.87. The van der Waals surface area contributed by atoms with Gasteiger partial charge >= 0.3 is 0 Å². The van der Waals surface area contributed by atoms with Crippen LogP contribution < -0.4 is 5.32 Å². The normalized spacial score (nSPS) is 10.2. The van der Waals surface area contributed by atoms with Gasteiger partial charge in [0.1, 0.15) is 17.3 Å². The van der Waals surface area contributed by atoms with Crippen LogP contribution in [0.2, 0.25) is 5.15 Å². The van der Waals surface area contributed by atoms with Crippen LogP contribution in [0.15, 0.2) is 6.33 Å². The van der Waals surface area contributed by atoms with Crippen LogP contribution in [0, 0.1) is 0 Å². The number of rotatable bonds is 3. The van der Waals surface area contributed by atoms with E-state index in [2.05, 4.69) is 15.3 Å². The van der Waals surface area contributed by atoms with Crippen LogP contribution in [0.4, 0.5) is 5.82 Å². The molecule has 0 aliphatic rings. The maximum absolute atomic E-state index is 10.6. The van der Waals surface area contributed by atoms with Crippen molar-refractivity contribution in [1.29, 1.82) is 0 Å². The standard InChI is InChI=1S/C8H10ClN3O/c1-5(2)12-8-6(3-13)7(9)10-4-11-8/h3-5H,1-2H3,(H,10,11,12). The zero-order valence-electron chi connectivity index (χ0n) is 7.41. The second kappa shape index (κ2) is 4.18. The first kappa shape index (κ1) is 9.92. The van der Waals surface area contributed by atoms with E-state index in [-0.39, 0.29) is 11.2 Å². The molecule has 13 heavy (non-hydrogen) atoms. The third-order valence-corrected chi connectivity index (χ3v) is 1.68. The highest BCUT2D eigenvalue weighted by Gasteiger charge is 2.08. The van der Waals surface area contributed by atoms with E-state index in [0.29, 0.717) is 17.7 Å². The van der Waals surface area contributed by atoms with Gasteiger partial charge in [0, 0.05) is 6.04 Å². The fourth-order valence-electron chi connectivity index (χ4n) is 0.867. The minimum Gasteiger partial charge on any atom is -0.367 e. The van der Waals surface area contributed by atoms with Gasteiger partial charge < -0.3 is 5.32 Å². The molecule has 0 aromatic carbocycles. The van der Waals surface area contributed by atoms with Crippen molar-refractivity contribution in [2.45, 2.75) is 19.9 Å². The lowest BCUT2D eigenvalue weighted by Gasteiger charge is -2.10. The predicted molar refractivity (Wildman–Crippen MR) is 51.2 cm³/mol. The Balaban J connectivity index is 3.05. The van der Waals surface area contributed by atoms with Gasteiger partial charge in [0.2, 0.25) is 0 Å². The van der Waals surface area contributed by atoms with Gasteiger partial charge in [0.15, 0.2) is 6.29 Å². The van der Waals surface area contributed by atoms with E-state index in [1.54, 1.807) is 0 Å². The number of halogens is 1. The number of aromatic nitrogens is 2. The number of hydrogen-bond acceptors (Lipinski definition) is 4. The smallest absolute Gasteiger partial charge is 0.156 e. The van der Waals surface area contributed by atoms with E-state index < -0.39 is 0 Å². The third kappa shape index (κ3) is 2.39. The zero-order chi connectivity index (χ0) is 9.84. The molecule has 1 N–H and O–H groups in total. The van der Waals surface area contributed by atoms with Crippen LogP contribution in [0.1, 0.15) is 24.2 Å². The molecule has 0 fully saturated rings. The number of anilines is 1. The van der Waals surface area contributed by atoms with Gasteiger partial charge in [0.25, 0.3) is 0 Å². The van der Waals surface area contributed by atoms with Gasteiger partial charge in [-0.05, 0) is 13.8 Å². The lowest BCUT2D eigenvalue weighted by molar-refractivity contribution is 0.112. The molecule has 0 saturated carbocycles. The van der Waals surface area contributed by atoms with Crippen molar-refractivity contribution < 1.29 is 4.79 Å². The molecule has 1 rings (SSSR count). The molecule has 70 valence electrons. The Morgan fingerprint density at radius 3 is 2.77 bits per heavy atom. The summed E-state index contributed by atoms with van der Waals surface area (Å²) in [7, 11) is 0. The Kier molecular flexibility index (Phi) is 3.19. The molecule has 5 heteroatoms. The second-order valence-corrected chi connectivity index (χ2v) is 3.20. The van der Waals surface area contributed by atoms with Crippen LogP contribution in [0.3, 0.4) is 0 Å². The fourth-order valence-corrected chi connectivity index (χ4v) is 1.04. The number of carbonyl (C=O) groups excluding carboxylic acids is 1. The zero-order valence-corrected chi connectivity index (χ0v) is 8.17. The van der Waals surface area contributed by atoms with Crippen molar-refractivity contribution >= 4 is 23.7 Å². The monoisotopic (exact) mass is 199 g/mol. The van der Waals surface area contributed by atoms with E-state index in [4.69, 9.17) is 11.6 Å². The van der Waals surface area contributed by atoms with Crippen LogP contribution in [-0.4, -0.2) is 22.3 Å². The number of nitrogens with zero attached hydrogens (tertiary/aromatic N) is 2. The topological polar surface area (TPSA) is 54.9 Å². The average molecular weight is 200 g/mol. The van der Waals surface area contributed by atoms with Gasteiger partial charge in [-0.25, -0.2) is 9.97 Å².